The van der Waals surface area contributed by atoms with E-state index >= 15 is 0 Å². The predicted molar refractivity (Wildman–Crippen MR) is 77.3 cm³/mol. The van der Waals surface area contributed by atoms with Crippen molar-refractivity contribution in [1.82, 2.24) is 14.9 Å². The molecule has 2 aromatic rings. The average Bonchev–Trinajstić information content (AvgIpc) is 2.90. The van der Waals surface area contributed by atoms with Gasteiger partial charge in [0.15, 0.2) is 0 Å². The van der Waals surface area contributed by atoms with Crippen molar-refractivity contribution in [2.24, 2.45) is 0 Å². The molecule has 21 heavy (non-hydrogen) atoms. The summed E-state index contributed by atoms with van der Waals surface area (Å²) in [6, 6.07) is 6.49. The quantitative estimate of drug-likeness (QED) is 0.470. The summed E-state index contributed by atoms with van der Waals surface area (Å²) in [5.74, 6) is 4.95. The summed E-state index contributed by atoms with van der Waals surface area (Å²) < 4.78 is 5.85. The van der Waals surface area contributed by atoms with Gasteiger partial charge >= 0.3 is 5.97 Å². The Morgan fingerprint density at radius 3 is 2.95 bits per heavy atom. The van der Waals surface area contributed by atoms with Crippen molar-refractivity contribution in [3.8, 4) is 0 Å². The van der Waals surface area contributed by atoms with Crippen molar-refractivity contribution in [3.63, 3.8) is 0 Å². The number of nitrogens with one attached hydrogen (secondary N) is 1. The van der Waals surface area contributed by atoms with E-state index in [1.165, 1.54) is 18.1 Å². The van der Waals surface area contributed by atoms with Crippen molar-refractivity contribution in [2.45, 2.75) is 5.16 Å². The Bertz CT molecular complexity index is 658. The lowest BCUT2D eigenvalue weighted by Gasteiger charge is -2.06. The molecule has 2 rings (SSSR count). The van der Waals surface area contributed by atoms with Gasteiger partial charge in [0, 0.05) is 5.69 Å². The van der Waals surface area contributed by atoms with E-state index < -0.39 is 5.97 Å². The number of aromatic nitrogens is 3. The molecule has 0 saturated heterocycles. The van der Waals surface area contributed by atoms with Crippen molar-refractivity contribution >= 4 is 29.3 Å². The molecule has 0 aliphatic heterocycles. The topological polar surface area (TPSA) is 112 Å². The minimum Gasteiger partial charge on any atom is -0.465 e. The summed E-state index contributed by atoms with van der Waals surface area (Å²) in [6.07, 6.45) is 1.35. The number of thioether (sulfide) groups is 1. The summed E-state index contributed by atoms with van der Waals surface area (Å²) in [4.78, 5) is 23.2. The van der Waals surface area contributed by atoms with Gasteiger partial charge in [-0.15, -0.1) is 10.2 Å². The molecular formula is C12H13N5O3S. The summed E-state index contributed by atoms with van der Waals surface area (Å²) in [5, 5.41) is 10.5. The standard InChI is InChI=1S/C12H13N5O3S/c1-20-11(19)8-3-2-4-9(5-8)15-10(18)6-21-12-16-14-7-17(12)13/h2-5,7H,6,13H2,1H3,(H,15,18). The predicted octanol–water partition coefficient (Wildman–Crippen LogP) is 0.509. The second-order valence-electron chi connectivity index (χ2n) is 3.93. The number of rotatable bonds is 5. The smallest absolute Gasteiger partial charge is 0.337 e. The minimum atomic E-state index is -0.461. The van der Waals surface area contributed by atoms with Crippen LogP contribution < -0.4 is 11.2 Å². The molecule has 0 unspecified atom stereocenters. The highest BCUT2D eigenvalue weighted by atomic mass is 32.2. The van der Waals surface area contributed by atoms with Gasteiger partial charge in [0.25, 0.3) is 0 Å². The first-order valence-electron chi connectivity index (χ1n) is 5.86. The second-order valence-corrected chi connectivity index (χ2v) is 4.87. The maximum absolute atomic E-state index is 11.8. The molecule has 3 N–H and O–H groups in total. The highest BCUT2D eigenvalue weighted by Crippen LogP contribution is 2.15. The van der Waals surface area contributed by atoms with Crippen molar-refractivity contribution in [2.75, 3.05) is 24.0 Å². The van der Waals surface area contributed by atoms with Crippen LogP contribution in [0.25, 0.3) is 0 Å². The van der Waals surface area contributed by atoms with Gasteiger partial charge in [-0.3, -0.25) is 4.79 Å². The third-order valence-electron chi connectivity index (χ3n) is 2.44. The van der Waals surface area contributed by atoms with Gasteiger partial charge in [-0.05, 0) is 18.2 Å². The number of ether oxygens (including phenoxy) is 1. The molecule has 0 bridgehead atoms. The highest BCUT2D eigenvalue weighted by molar-refractivity contribution is 7.99. The van der Waals surface area contributed by atoms with E-state index in [1.807, 2.05) is 0 Å². The minimum absolute atomic E-state index is 0.123. The Morgan fingerprint density at radius 2 is 2.29 bits per heavy atom. The number of methoxy groups -OCH3 is 1. The van der Waals surface area contributed by atoms with Crippen molar-refractivity contribution in [3.05, 3.63) is 36.2 Å². The van der Waals surface area contributed by atoms with E-state index in [9.17, 15) is 9.59 Å². The molecule has 1 heterocycles. The number of anilines is 1. The molecule has 110 valence electrons. The lowest BCUT2D eigenvalue weighted by molar-refractivity contribution is -0.113. The van der Waals surface area contributed by atoms with Crippen LogP contribution in [0, 0.1) is 0 Å². The van der Waals surface area contributed by atoms with Gasteiger partial charge in [-0.1, -0.05) is 17.8 Å². The third kappa shape index (κ3) is 3.96. The number of hydrogen-bond acceptors (Lipinski definition) is 7. The maximum atomic E-state index is 11.8. The molecule has 0 aliphatic carbocycles. The lowest BCUT2D eigenvalue weighted by atomic mass is 10.2. The zero-order valence-corrected chi connectivity index (χ0v) is 12.0. The van der Waals surface area contributed by atoms with Gasteiger partial charge in [-0.2, -0.15) is 0 Å². The van der Waals surface area contributed by atoms with Crippen LogP contribution in [0.1, 0.15) is 10.4 Å². The van der Waals surface area contributed by atoms with Crippen LogP contribution in [0.4, 0.5) is 5.69 Å². The van der Waals surface area contributed by atoms with Crippen molar-refractivity contribution in [1.29, 1.82) is 0 Å². The Kier molecular flexibility index (Phi) is 4.77. The fourth-order valence-electron chi connectivity index (χ4n) is 1.50. The Hall–Kier alpha value is -2.55. The molecule has 0 spiro atoms. The van der Waals surface area contributed by atoms with E-state index in [-0.39, 0.29) is 11.7 Å². The monoisotopic (exact) mass is 307 g/mol. The van der Waals surface area contributed by atoms with Crippen LogP contribution in [0.15, 0.2) is 35.7 Å². The molecule has 0 radical (unpaired) electrons. The Morgan fingerprint density at radius 1 is 1.48 bits per heavy atom. The van der Waals surface area contributed by atoms with Crippen LogP contribution in [0.5, 0.6) is 0 Å². The maximum Gasteiger partial charge on any atom is 0.337 e. The fourth-order valence-corrected chi connectivity index (χ4v) is 2.14. The molecule has 0 fully saturated rings. The molecule has 9 heteroatoms. The van der Waals surface area contributed by atoms with Gasteiger partial charge in [0.05, 0.1) is 18.4 Å². The molecule has 1 aromatic carbocycles. The number of benzene rings is 1. The molecule has 1 aromatic heterocycles. The molecule has 0 saturated carbocycles. The van der Waals surface area contributed by atoms with Gasteiger partial charge in [0.1, 0.15) is 6.33 Å². The first kappa shape index (κ1) is 14.9. The number of nitrogens with zero attached hydrogens (tertiary/aromatic N) is 3. The number of nitrogens with two attached hydrogens (primary N) is 1. The number of nitrogen functional groups attached to an aromatic ring is 1. The number of carbonyl (C=O) groups is 2. The molecule has 1 amide bonds. The van der Waals surface area contributed by atoms with E-state index in [0.29, 0.717) is 16.4 Å². The molecular weight excluding hydrogens is 294 g/mol. The Balaban J connectivity index is 1.93. The SMILES string of the molecule is COC(=O)c1cccc(NC(=O)CSc2nncn2N)c1. The largest absolute Gasteiger partial charge is 0.465 e. The molecule has 0 atom stereocenters. The molecule has 0 aliphatic rings. The highest BCUT2D eigenvalue weighted by Gasteiger charge is 2.10. The first-order valence-corrected chi connectivity index (χ1v) is 6.85. The lowest BCUT2D eigenvalue weighted by Crippen LogP contribution is -2.16. The fraction of sp³-hybridized carbons (Fsp3) is 0.167. The van der Waals surface area contributed by atoms with Crippen molar-refractivity contribution < 1.29 is 14.3 Å². The molecule has 8 nitrogen and oxygen atoms in total. The Labute approximate surface area is 124 Å². The average molecular weight is 307 g/mol. The number of amides is 1. The number of esters is 1. The number of carbonyl (C=O) groups excluding carboxylic acids is 2. The second kappa shape index (κ2) is 6.75. The van der Waals surface area contributed by atoms with Gasteiger partial charge in [-0.25, -0.2) is 9.47 Å². The normalized spacial score (nSPS) is 10.1. The van der Waals surface area contributed by atoms with E-state index in [2.05, 4.69) is 20.3 Å². The van der Waals surface area contributed by atoms with Gasteiger partial charge < -0.3 is 15.9 Å². The number of hydrogen-bond donors (Lipinski definition) is 2. The van der Waals surface area contributed by atoms with Crippen LogP contribution in [0.3, 0.4) is 0 Å². The van der Waals surface area contributed by atoms with E-state index in [1.54, 1.807) is 24.3 Å². The zero-order valence-electron chi connectivity index (χ0n) is 11.1. The zero-order chi connectivity index (χ0) is 15.2. The van der Waals surface area contributed by atoms with Gasteiger partial charge in [0.2, 0.25) is 11.1 Å². The van der Waals surface area contributed by atoms with Crippen LogP contribution in [-0.4, -0.2) is 39.6 Å². The first-order chi connectivity index (χ1) is 10.1. The third-order valence-corrected chi connectivity index (χ3v) is 3.40. The van der Waals surface area contributed by atoms with Crippen LogP contribution in [-0.2, 0) is 9.53 Å². The summed E-state index contributed by atoms with van der Waals surface area (Å²) >= 11 is 1.16. The van der Waals surface area contributed by atoms with Crippen LogP contribution in [0.2, 0.25) is 0 Å². The summed E-state index contributed by atoms with van der Waals surface area (Å²) in [7, 11) is 1.30. The van der Waals surface area contributed by atoms with E-state index in [4.69, 9.17) is 5.84 Å². The van der Waals surface area contributed by atoms with Crippen LogP contribution >= 0.6 is 11.8 Å². The summed E-state index contributed by atoms with van der Waals surface area (Å²) in [6.45, 7) is 0. The van der Waals surface area contributed by atoms with E-state index in [0.717, 1.165) is 11.8 Å². The summed E-state index contributed by atoms with van der Waals surface area (Å²) in [5.41, 5.74) is 0.877.